The molecule has 8 heteroatoms. The molecule has 0 radical (unpaired) electrons. The molecule has 2 amide bonds. The predicted octanol–water partition coefficient (Wildman–Crippen LogP) is 6.97. The van der Waals surface area contributed by atoms with Gasteiger partial charge >= 0.3 is 6.03 Å². The number of hydrogen-bond acceptors (Lipinski definition) is 5. The van der Waals surface area contributed by atoms with Crippen LogP contribution in [0, 0.1) is 23.0 Å². The van der Waals surface area contributed by atoms with E-state index in [0.717, 1.165) is 53.8 Å². The van der Waals surface area contributed by atoms with Crippen LogP contribution in [0.1, 0.15) is 48.8 Å². The lowest BCUT2D eigenvalue weighted by Crippen LogP contribution is -2.34. The Balaban J connectivity index is 1.61. The third kappa shape index (κ3) is 5.05. The number of rotatable bonds is 6. The number of carbonyl (C=O) groups is 1. The van der Waals surface area contributed by atoms with E-state index in [9.17, 15) is 14.9 Å². The number of nitrogens with zero attached hydrogens (tertiary/aromatic N) is 4. The Morgan fingerprint density at radius 3 is 2.41 bits per heavy atom. The molecular weight excluding hydrogens is 468 g/mol. The second-order valence-corrected chi connectivity index (χ2v) is 9.64. The van der Waals surface area contributed by atoms with Crippen LogP contribution in [-0.2, 0) is 6.61 Å². The summed E-state index contributed by atoms with van der Waals surface area (Å²) in [5, 5.41) is 17.4. The average molecular weight is 499 g/mol. The first-order valence-corrected chi connectivity index (χ1v) is 12.6. The molecular formula is C29H30N4O4. The molecule has 5 rings (SSSR count). The quantitative estimate of drug-likeness (QED) is 0.271. The van der Waals surface area contributed by atoms with Crippen molar-refractivity contribution in [1.82, 2.24) is 5.01 Å². The van der Waals surface area contributed by atoms with Gasteiger partial charge in [-0.05, 0) is 55.2 Å². The lowest BCUT2D eigenvalue weighted by Gasteiger charge is -2.27. The molecule has 0 unspecified atom stereocenters. The summed E-state index contributed by atoms with van der Waals surface area (Å²) in [5.74, 6) is 0.982. The van der Waals surface area contributed by atoms with Crippen LogP contribution < -0.4 is 9.64 Å². The molecule has 3 aromatic carbocycles. The van der Waals surface area contributed by atoms with Crippen molar-refractivity contribution >= 4 is 28.8 Å². The molecule has 0 bridgehead atoms. The summed E-state index contributed by atoms with van der Waals surface area (Å²) in [6, 6.07) is 19.7. The summed E-state index contributed by atoms with van der Waals surface area (Å²) in [7, 11) is 1.66. The second kappa shape index (κ2) is 10.4. The zero-order chi connectivity index (χ0) is 25.9. The fraction of sp³-hybridized carbons (Fsp3) is 0.310. The maximum absolute atomic E-state index is 13.6. The number of ether oxygens (including phenoxy) is 1. The molecule has 0 N–H and O–H groups in total. The number of benzene rings is 3. The van der Waals surface area contributed by atoms with Crippen LogP contribution >= 0.6 is 0 Å². The highest BCUT2D eigenvalue weighted by Crippen LogP contribution is 2.40. The van der Waals surface area contributed by atoms with Crippen LogP contribution in [0.15, 0.2) is 71.8 Å². The minimum absolute atomic E-state index is 0.0282. The molecule has 2 aliphatic rings. The summed E-state index contributed by atoms with van der Waals surface area (Å²) in [6.45, 7) is 2.40. The summed E-state index contributed by atoms with van der Waals surface area (Å²) >= 11 is 0. The van der Waals surface area contributed by atoms with E-state index in [1.54, 1.807) is 24.1 Å². The molecule has 3 aromatic rings. The van der Waals surface area contributed by atoms with Gasteiger partial charge in [0.15, 0.2) is 0 Å². The zero-order valence-corrected chi connectivity index (χ0v) is 21.1. The lowest BCUT2D eigenvalue weighted by molar-refractivity contribution is -0.384. The van der Waals surface area contributed by atoms with Gasteiger partial charge < -0.3 is 4.74 Å². The normalized spacial score (nSPS) is 16.2. The molecule has 37 heavy (non-hydrogen) atoms. The van der Waals surface area contributed by atoms with Gasteiger partial charge in [-0.1, -0.05) is 49.6 Å². The first-order valence-electron chi connectivity index (χ1n) is 12.6. The Kier molecular flexibility index (Phi) is 6.90. The van der Waals surface area contributed by atoms with Crippen molar-refractivity contribution in [3.05, 3.63) is 93.5 Å². The standard InChI is InChI=1S/C29H30N4O4/c1-20-17-26-25(18-27(20)37-19-21-9-5-3-6-10-21)28(22-11-7-4-8-12-22)30-31(2)29(34)32(26)23-13-15-24(16-14-23)33(35)36/h3,5-6,9-10,13-18,22H,4,7-8,11-12,19H2,1-2H3. The van der Waals surface area contributed by atoms with Gasteiger partial charge in [-0.15, -0.1) is 0 Å². The van der Waals surface area contributed by atoms with E-state index in [1.165, 1.54) is 23.6 Å². The molecule has 0 saturated heterocycles. The van der Waals surface area contributed by atoms with E-state index in [1.807, 2.05) is 49.4 Å². The molecule has 1 aliphatic carbocycles. The Morgan fingerprint density at radius 2 is 1.73 bits per heavy atom. The topological polar surface area (TPSA) is 88.3 Å². The summed E-state index contributed by atoms with van der Waals surface area (Å²) < 4.78 is 6.26. The van der Waals surface area contributed by atoms with Gasteiger partial charge in [-0.25, -0.2) is 9.80 Å². The number of non-ortho nitro benzene ring substituents is 1. The van der Waals surface area contributed by atoms with Crippen LogP contribution in [0.4, 0.5) is 21.9 Å². The van der Waals surface area contributed by atoms with Crippen LogP contribution in [-0.4, -0.2) is 28.7 Å². The number of fused-ring (bicyclic) bond motifs is 1. The molecule has 8 nitrogen and oxygen atoms in total. The molecule has 0 spiro atoms. The highest BCUT2D eigenvalue weighted by atomic mass is 16.6. The van der Waals surface area contributed by atoms with Crippen LogP contribution in [0.25, 0.3) is 0 Å². The number of nitro benzene ring substituents is 1. The maximum Gasteiger partial charge on any atom is 0.349 e. The Labute approximate surface area is 216 Å². The smallest absolute Gasteiger partial charge is 0.349 e. The third-order valence-electron chi connectivity index (χ3n) is 7.08. The highest BCUT2D eigenvalue weighted by Gasteiger charge is 2.33. The second-order valence-electron chi connectivity index (χ2n) is 9.64. The van der Waals surface area contributed by atoms with Gasteiger partial charge in [0, 0.05) is 30.7 Å². The van der Waals surface area contributed by atoms with Crippen LogP contribution in [0.5, 0.6) is 5.75 Å². The Hall–Kier alpha value is -4.20. The SMILES string of the molecule is Cc1cc2c(cc1OCc1ccccc1)C(C1CCCCC1)=NN(C)C(=O)N2c1ccc([N+](=O)[O-])cc1. The highest BCUT2D eigenvalue weighted by molar-refractivity contribution is 6.14. The van der Waals surface area contributed by atoms with Crippen molar-refractivity contribution in [2.24, 2.45) is 11.0 Å². The Bertz CT molecular complexity index is 1330. The number of hydrogen-bond donors (Lipinski definition) is 0. The average Bonchev–Trinajstić information content (AvgIpc) is 3.02. The van der Waals surface area contributed by atoms with E-state index in [-0.39, 0.29) is 17.6 Å². The fourth-order valence-electron chi connectivity index (χ4n) is 5.11. The van der Waals surface area contributed by atoms with E-state index in [0.29, 0.717) is 18.0 Å². The minimum atomic E-state index is -0.446. The monoisotopic (exact) mass is 498 g/mol. The number of hydrazone groups is 1. The van der Waals surface area contributed by atoms with Crippen molar-refractivity contribution in [1.29, 1.82) is 0 Å². The van der Waals surface area contributed by atoms with Crippen LogP contribution in [0.2, 0.25) is 0 Å². The van der Waals surface area contributed by atoms with E-state index < -0.39 is 4.92 Å². The fourth-order valence-corrected chi connectivity index (χ4v) is 5.11. The number of aryl methyl sites for hydroxylation is 1. The number of urea groups is 1. The molecule has 1 heterocycles. The maximum atomic E-state index is 13.6. The lowest BCUT2D eigenvalue weighted by atomic mass is 9.82. The summed E-state index contributed by atoms with van der Waals surface area (Å²) in [4.78, 5) is 26.0. The summed E-state index contributed by atoms with van der Waals surface area (Å²) in [6.07, 6.45) is 5.51. The zero-order valence-electron chi connectivity index (χ0n) is 21.1. The molecule has 1 saturated carbocycles. The minimum Gasteiger partial charge on any atom is -0.489 e. The van der Waals surface area contributed by atoms with E-state index in [4.69, 9.17) is 9.84 Å². The van der Waals surface area contributed by atoms with Gasteiger partial charge in [-0.3, -0.25) is 15.0 Å². The predicted molar refractivity (Wildman–Crippen MR) is 143 cm³/mol. The van der Waals surface area contributed by atoms with Crippen LogP contribution in [0.3, 0.4) is 0 Å². The van der Waals surface area contributed by atoms with Crippen molar-refractivity contribution in [2.45, 2.75) is 45.6 Å². The van der Waals surface area contributed by atoms with Crippen molar-refractivity contribution < 1.29 is 14.5 Å². The summed E-state index contributed by atoms with van der Waals surface area (Å²) in [5.41, 5.74) is 4.93. The van der Waals surface area contributed by atoms with Gasteiger partial charge in [-0.2, -0.15) is 5.10 Å². The van der Waals surface area contributed by atoms with E-state index in [2.05, 4.69) is 0 Å². The Morgan fingerprint density at radius 1 is 1.03 bits per heavy atom. The molecule has 1 fully saturated rings. The van der Waals surface area contributed by atoms with Gasteiger partial charge in [0.25, 0.3) is 5.69 Å². The molecule has 0 atom stereocenters. The third-order valence-corrected chi connectivity index (χ3v) is 7.08. The molecule has 1 aliphatic heterocycles. The molecule has 0 aromatic heterocycles. The van der Waals surface area contributed by atoms with Gasteiger partial charge in [0.2, 0.25) is 0 Å². The number of amides is 2. The first kappa shape index (κ1) is 24.5. The van der Waals surface area contributed by atoms with Crippen molar-refractivity contribution in [3.63, 3.8) is 0 Å². The molecule has 190 valence electrons. The first-order chi connectivity index (χ1) is 17.9. The van der Waals surface area contributed by atoms with Gasteiger partial charge in [0.05, 0.1) is 22.0 Å². The van der Waals surface area contributed by atoms with Crippen molar-refractivity contribution in [2.75, 3.05) is 11.9 Å². The number of nitro groups is 1. The number of carbonyl (C=O) groups excluding carboxylic acids is 1. The van der Waals surface area contributed by atoms with Crippen molar-refractivity contribution in [3.8, 4) is 5.75 Å². The van der Waals surface area contributed by atoms with E-state index >= 15 is 0 Å². The number of anilines is 2. The van der Waals surface area contributed by atoms with Gasteiger partial charge in [0.1, 0.15) is 12.4 Å². The largest absolute Gasteiger partial charge is 0.489 e.